The molecule has 132 valence electrons. The maximum Gasteiger partial charge on any atom is 0.272 e. The Morgan fingerprint density at radius 1 is 1.44 bits per heavy atom. The SMILES string of the molecule is CN(C)C[C@H](O)Cn1cc(NC(=O)c2cc3ccc(Cl)cc3[nH]2)cn1. The molecule has 1 aromatic carbocycles. The van der Waals surface area contributed by atoms with E-state index in [0.717, 1.165) is 10.9 Å². The maximum atomic E-state index is 12.4. The van der Waals surface area contributed by atoms with Crippen molar-refractivity contribution in [2.45, 2.75) is 12.6 Å². The molecule has 0 radical (unpaired) electrons. The van der Waals surface area contributed by atoms with E-state index in [-0.39, 0.29) is 5.91 Å². The number of likely N-dealkylation sites (N-methyl/N-ethyl adjacent to an activating group) is 1. The Morgan fingerprint density at radius 2 is 2.24 bits per heavy atom. The molecule has 0 spiro atoms. The fourth-order valence-corrected chi connectivity index (χ4v) is 2.82. The number of carbonyl (C=O) groups excluding carboxylic acids is 1. The van der Waals surface area contributed by atoms with Crippen LogP contribution in [0.4, 0.5) is 5.69 Å². The summed E-state index contributed by atoms with van der Waals surface area (Å²) in [6.07, 6.45) is 2.72. The Morgan fingerprint density at radius 3 is 3.00 bits per heavy atom. The largest absolute Gasteiger partial charge is 0.390 e. The molecule has 3 aromatic rings. The molecule has 0 unspecified atom stereocenters. The lowest BCUT2D eigenvalue weighted by Crippen LogP contribution is -2.29. The number of halogens is 1. The number of amides is 1. The van der Waals surface area contributed by atoms with Gasteiger partial charge in [0.2, 0.25) is 0 Å². The van der Waals surface area contributed by atoms with Crippen molar-refractivity contribution in [2.24, 2.45) is 0 Å². The Balaban J connectivity index is 1.66. The van der Waals surface area contributed by atoms with Gasteiger partial charge < -0.3 is 20.3 Å². The van der Waals surface area contributed by atoms with E-state index in [2.05, 4.69) is 15.4 Å². The number of H-pyrrole nitrogens is 1. The van der Waals surface area contributed by atoms with Crippen molar-refractivity contribution in [3.05, 3.63) is 47.4 Å². The van der Waals surface area contributed by atoms with Gasteiger partial charge in [0.15, 0.2) is 0 Å². The molecule has 0 saturated heterocycles. The molecule has 0 aliphatic rings. The zero-order chi connectivity index (χ0) is 18.0. The Labute approximate surface area is 150 Å². The third kappa shape index (κ3) is 4.39. The molecular formula is C17H20ClN5O2. The second-order valence-corrected chi connectivity index (χ2v) is 6.67. The molecule has 8 heteroatoms. The highest BCUT2D eigenvalue weighted by molar-refractivity contribution is 6.31. The minimum absolute atomic E-state index is 0.263. The summed E-state index contributed by atoms with van der Waals surface area (Å²) in [6, 6.07) is 7.18. The van der Waals surface area contributed by atoms with Gasteiger partial charge in [-0.3, -0.25) is 9.48 Å². The second kappa shape index (κ2) is 7.26. The van der Waals surface area contributed by atoms with Gasteiger partial charge in [-0.2, -0.15) is 5.10 Å². The number of aromatic amines is 1. The van der Waals surface area contributed by atoms with Crippen LogP contribution in [0.2, 0.25) is 5.02 Å². The van der Waals surface area contributed by atoms with E-state index in [4.69, 9.17) is 11.6 Å². The van der Waals surface area contributed by atoms with Crippen molar-refractivity contribution < 1.29 is 9.90 Å². The van der Waals surface area contributed by atoms with Crippen molar-refractivity contribution >= 4 is 34.1 Å². The molecule has 7 nitrogen and oxygen atoms in total. The summed E-state index contributed by atoms with van der Waals surface area (Å²) < 4.78 is 1.61. The summed E-state index contributed by atoms with van der Waals surface area (Å²) in [4.78, 5) is 17.3. The van der Waals surface area contributed by atoms with Crippen LogP contribution in [0.1, 0.15) is 10.5 Å². The molecule has 1 amide bonds. The van der Waals surface area contributed by atoms with Crippen LogP contribution < -0.4 is 5.32 Å². The van der Waals surface area contributed by atoms with Gasteiger partial charge in [-0.25, -0.2) is 0 Å². The minimum atomic E-state index is -0.531. The van der Waals surface area contributed by atoms with Crippen LogP contribution in [0, 0.1) is 0 Å². The first kappa shape index (κ1) is 17.5. The van der Waals surface area contributed by atoms with Gasteiger partial charge >= 0.3 is 0 Å². The minimum Gasteiger partial charge on any atom is -0.390 e. The predicted octanol–water partition coefficient (Wildman–Crippen LogP) is 2.19. The van der Waals surface area contributed by atoms with Crippen LogP contribution in [-0.4, -0.2) is 57.4 Å². The fourth-order valence-electron chi connectivity index (χ4n) is 2.64. The summed E-state index contributed by atoms with van der Waals surface area (Å²) in [6.45, 7) is 0.901. The molecule has 3 N–H and O–H groups in total. The van der Waals surface area contributed by atoms with Gasteiger partial charge in [0.1, 0.15) is 5.69 Å². The first-order valence-electron chi connectivity index (χ1n) is 7.85. The molecular weight excluding hydrogens is 342 g/mol. The topological polar surface area (TPSA) is 86.2 Å². The summed E-state index contributed by atoms with van der Waals surface area (Å²) in [5, 5.41) is 18.4. The average Bonchev–Trinajstić information content (AvgIpc) is 3.12. The number of rotatable bonds is 6. The summed E-state index contributed by atoms with van der Waals surface area (Å²) in [5.74, 6) is -0.263. The Bertz CT molecular complexity index is 886. The maximum absolute atomic E-state index is 12.4. The highest BCUT2D eigenvalue weighted by atomic mass is 35.5. The Kier molecular flexibility index (Phi) is 5.08. The molecule has 0 saturated carbocycles. The van der Waals surface area contributed by atoms with E-state index in [9.17, 15) is 9.90 Å². The van der Waals surface area contributed by atoms with E-state index >= 15 is 0 Å². The van der Waals surface area contributed by atoms with Gasteiger partial charge in [-0.15, -0.1) is 0 Å². The number of anilines is 1. The van der Waals surface area contributed by atoms with E-state index in [1.165, 1.54) is 0 Å². The number of fused-ring (bicyclic) bond motifs is 1. The average molecular weight is 362 g/mol. The van der Waals surface area contributed by atoms with Crippen molar-refractivity contribution in [1.29, 1.82) is 0 Å². The van der Waals surface area contributed by atoms with E-state index in [1.54, 1.807) is 35.3 Å². The molecule has 0 fully saturated rings. The third-order valence-corrected chi connectivity index (χ3v) is 3.93. The van der Waals surface area contributed by atoms with Crippen LogP contribution in [-0.2, 0) is 6.54 Å². The molecule has 0 bridgehead atoms. The van der Waals surface area contributed by atoms with E-state index in [0.29, 0.717) is 29.5 Å². The summed E-state index contributed by atoms with van der Waals surface area (Å²) in [5.41, 5.74) is 1.82. The van der Waals surface area contributed by atoms with Crippen LogP contribution in [0.15, 0.2) is 36.7 Å². The second-order valence-electron chi connectivity index (χ2n) is 6.24. The number of hydrogen-bond acceptors (Lipinski definition) is 4. The summed E-state index contributed by atoms with van der Waals surface area (Å²) >= 11 is 5.96. The first-order chi connectivity index (χ1) is 11.9. The number of hydrogen-bond donors (Lipinski definition) is 3. The van der Waals surface area contributed by atoms with Gasteiger partial charge in [-0.1, -0.05) is 17.7 Å². The Hall–Kier alpha value is -2.35. The fraction of sp³-hybridized carbons (Fsp3) is 0.294. The van der Waals surface area contributed by atoms with Crippen molar-refractivity contribution in [3.8, 4) is 0 Å². The lowest BCUT2D eigenvalue weighted by molar-refractivity contribution is 0.102. The zero-order valence-electron chi connectivity index (χ0n) is 14.0. The predicted molar refractivity (Wildman–Crippen MR) is 98.0 cm³/mol. The zero-order valence-corrected chi connectivity index (χ0v) is 14.8. The molecule has 3 rings (SSSR count). The number of aliphatic hydroxyl groups excluding tert-OH is 1. The monoisotopic (exact) mass is 361 g/mol. The highest BCUT2D eigenvalue weighted by Gasteiger charge is 2.12. The molecule has 0 aliphatic heterocycles. The number of aliphatic hydroxyl groups is 1. The number of nitrogens with one attached hydrogen (secondary N) is 2. The molecule has 0 aliphatic carbocycles. The van der Waals surface area contributed by atoms with E-state index < -0.39 is 6.10 Å². The van der Waals surface area contributed by atoms with Crippen molar-refractivity contribution in [3.63, 3.8) is 0 Å². The van der Waals surface area contributed by atoms with Crippen molar-refractivity contribution in [1.82, 2.24) is 19.7 Å². The third-order valence-electron chi connectivity index (χ3n) is 3.69. The highest BCUT2D eigenvalue weighted by Crippen LogP contribution is 2.20. The van der Waals surface area contributed by atoms with Crippen LogP contribution in [0.5, 0.6) is 0 Å². The van der Waals surface area contributed by atoms with Gasteiger partial charge in [0, 0.05) is 28.7 Å². The number of aromatic nitrogens is 3. The number of benzene rings is 1. The van der Waals surface area contributed by atoms with Gasteiger partial charge in [0.25, 0.3) is 5.91 Å². The van der Waals surface area contributed by atoms with Crippen molar-refractivity contribution in [2.75, 3.05) is 26.0 Å². The lowest BCUT2D eigenvalue weighted by Gasteiger charge is -2.15. The van der Waals surface area contributed by atoms with Gasteiger partial charge in [-0.05, 0) is 32.3 Å². The lowest BCUT2D eigenvalue weighted by atomic mass is 10.2. The summed E-state index contributed by atoms with van der Waals surface area (Å²) in [7, 11) is 3.79. The number of nitrogens with zero attached hydrogens (tertiary/aromatic N) is 3. The van der Waals surface area contributed by atoms with Crippen LogP contribution >= 0.6 is 11.6 Å². The first-order valence-corrected chi connectivity index (χ1v) is 8.23. The molecule has 2 heterocycles. The molecule has 1 atom stereocenters. The van der Waals surface area contributed by atoms with Crippen LogP contribution in [0.3, 0.4) is 0 Å². The van der Waals surface area contributed by atoms with Gasteiger partial charge in [0.05, 0.1) is 24.5 Å². The molecule has 2 aromatic heterocycles. The normalized spacial score (nSPS) is 12.7. The van der Waals surface area contributed by atoms with Crippen LogP contribution in [0.25, 0.3) is 10.9 Å². The van der Waals surface area contributed by atoms with E-state index in [1.807, 2.05) is 25.1 Å². The smallest absolute Gasteiger partial charge is 0.272 e. The molecule has 25 heavy (non-hydrogen) atoms. The quantitative estimate of drug-likeness (QED) is 0.628. The standard InChI is InChI=1S/C17H20ClN5O2/c1-22(2)9-14(24)10-23-8-13(7-19-23)20-17(25)16-5-11-3-4-12(18)6-15(11)21-16/h3-8,14,21,24H,9-10H2,1-2H3,(H,20,25)/t14-/m0/s1. The number of carbonyl (C=O) groups is 1.